The van der Waals surface area contributed by atoms with Crippen LogP contribution in [0.4, 0.5) is 0 Å². The van der Waals surface area contributed by atoms with Crippen molar-refractivity contribution in [2.75, 3.05) is 13.1 Å². The van der Waals surface area contributed by atoms with E-state index in [4.69, 9.17) is 0 Å². The van der Waals surface area contributed by atoms with Crippen LogP contribution in [-0.4, -0.2) is 24.0 Å². The molecule has 1 radical (unpaired) electrons. The summed E-state index contributed by atoms with van der Waals surface area (Å²) in [6.45, 7) is 9.11. The van der Waals surface area contributed by atoms with Crippen LogP contribution in [0.15, 0.2) is 0 Å². The van der Waals surface area contributed by atoms with Gasteiger partial charge in [0.05, 0.1) is 0 Å². The van der Waals surface area contributed by atoms with Gasteiger partial charge in [-0.25, -0.2) is 0 Å². The Balaban J connectivity index is 2.09. The van der Waals surface area contributed by atoms with Crippen LogP contribution in [0.1, 0.15) is 51.9 Å². The third-order valence-corrected chi connectivity index (χ3v) is 3.05. The van der Waals surface area contributed by atoms with E-state index in [1.54, 1.807) is 0 Å². The third kappa shape index (κ3) is 4.12. The van der Waals surface area contributed by atoms with Crippen molar-refractivity contribution in [3.05, 3.63) is 6.92 Å². The van der Waals surface area contributed by atoms with Crippen molar-refractivity contribution in [1.29, 1.82) is 0 Å². The fourth-order valence-electron chi connectivity index (χ4n) is 2.10. The van der Waals surface area contributed by atoms with Crippen LogP contribution in [0.2, 0.25) is 0 Å². The van der Waals surface area contributed by atoms with Crippen molar-refractivity contribution in [2.45, 2.75) is 57.9 Å². The maximum absolute atomic E-state index is 4.26. The maximum Gasteiger partial charge on any atom is 0.00958 e. The summed E-state index contributed by atoms with van der Waals surface area (Å²) in [5.74, 6) is 0. The minimum absolute atomic E-state index is 0.590. The first-order valence-corrected chi connectivity index (χ1v) is 5.91. The number of piperidine rings is 1. The normalized spacial score (nSPS) is 21.7. The van der Waals surface area contributed by atoms with Gasteiger partial charge in [0.1, 0.15) is 0 Å². The number of unbranched alkanes of at least 4 members (excludes halogenated alkanes) is 2. The molecule has 1 saturated heterocycles. The topological polar surface area (TPSA) is 3.24 Å². The molecule has 0 aromatic rings. The zero-order valence-electron chi connectivity index (χ0n) is 9.10. The van der Waals surface area contributed by atoms with Crippen molar-refractivity contribution in [1.82, 2.24) is 4.90 Å². The second-order valence-electron chi connectivity index (χ2n) is 4.25. The summed E-state index contributed by atoms with van der Waals surface area (Å²) in [4.78, 5) is 2.57. The Bertz CT molecular complexity index is 116. The predicted molar refractivity (Wildman–Crippen MR) is 58.7 cm³/mol. The predicted octanol–water partition coefficient (Wildman–Crippen LogP) is 3.26. The molecule has 1 heterocycles. The van der Waals surface area contributed by atoms with Gasteiger partial charge < -0.3 is 4.90 Å². The SMILES string of the molecule is [CH2]C(CCCCC)N1CCCCC1. The van der Waals surface area contributed by atoms with Gasteiger partial charge in [-0.15, -0.1) is 0 Å². The molecule has 0 saturated carbocycles. The summed E-state index contributed by atoms with van der Waals surface area (Å²) in [6.07, 6.45) is 9.57. The Kier molecular flexibility index (Phi) is 5.45. The molecule has 1 rings (SSSR count). The highest BCUT2D eigenvalue weighted by Crippen LogP contribution is 2.15. The van der Waals surface area contributed by atoms with E-state index in [1.807, 2.05) is 0 Å². The fourth-order valence-corrected chi connectivity index (χ4v) is 2.10. The lowest BCUT2D eigenvalue weighted by Crippen LogP contribution is -2.37. The summed E-state index contributed by atoms with van der Waals surface area (Å²) >= 11 is 0. The van der Waals surface area contributed by atoms with Crippen LogP contribution in [0, 0.1) is 6.92 Å². The van der Waals surface area contributed by atoms with E-state index in [2.05, 4.69) is 18.7 Å². The van der Waals surface area contributed by atoms with E-state index in [0.29, 0.717) is 6.04 Å². The zero-order valence-corrected chi connectivity index (χ0v) is 9.10. The van der Waals surface area contributed by atoms with Gasteiger partial charge in [0, 0.05) is 6.04 Å². The van der Waals surface area contributed by atoms with E-state index in [1.165, 1.54) is 58.0 Å². The first-order valence-electron chi connectivity index (χ1n) is 5.91. The van der Waals surface area contributed by atoms with Gasteiger partial charge >= 0.3 is 0 Å². The molecule has 0 aromatic carbocycles. The van der Waals surface area contributed by atoms with Gasteiger partial charge in [-0.2, -0.15) is 0 Å². The first kappa shape index (κ1) is 11.0. The molecule has 0 spiro atoms. The minimum atomic E-state index is 0.590. The Hall–Kier alpha value is -0.0400. The Labute approximate surface area is 83.5 Å². The van der Waals surface area contributed by atoms with Gasteiger partial charge in [-0.05, 0) is 39.3 Å². The molecule has 1 nitrogen and oxygen atoms in total. The molecule has 1 heteroatoms. The molecule has 0 aliphatic carbocycles. The lowest BCUT2D eigenvalue weighted by Gasteiger charge is -2.32. The second kappa shape index (κ2) is 6.42. The number of likely N-dealkylation sites (tertiary alicyclic amines) is 1. The molecule has 1 atom stereocenters. The Morgan fingerprint density at radius 1 is 1.15 bits per heavy atom. The van der Waals surface area contributed by atoms with Crippen LogP contribution < -0.4 is 0 Å². The number of hydrogen-bond acceptors (Lipinski definition) is 1. The van der Waals surface area contributed by atoms with Gasteiger partial charge in [0.15, 0.2) is 0 Å². The fraction of sp³-hybridized carbons (Fsp3) is 0.917. The lowest BCUT2D eigenvalue weighted by atomic mass is 10.0. The number of rotatable bonds is 5. The van der Waals surface area contributed by atoms with Crippen LogP contribution in [0.3, 0.4) is 0 Å². The summed E-state index contributed by atoms with van der Waals surface area (Å²) in [5.41, 5.74) is 0. The molecular formula is C12H24N. The van der Waals surface area contributed by atoms with E-state index < -0.39 is 0 Å². The van der Waals surface area contributed by atoms with Gasteiger partial charge in [-0.1, -0.05) is 32.6 Å². The van der Waals surface area contributed by atoms with Crippen LogP contribution in [0.5, 0.6) is 0 Å². The van der Waals surface area contributed by atoms with Crippen LogP contribution in [0.25, 0.3) is 0 Å². The summed E-state index contributed by atoms with van der Waals surface area (Å²) in [5, 5.41) is 0. The average Bonchev–Trinajstić information content (AvgIpc) is 2.19. The van der Waals surface area contributed by atoms with Crippen molar-refractivity contribution in [2.24, 2.45) is 0 Å². The number of nitrogens with zero attached hydrogens (tertiary/aromatic N) is 1. The van der Waals surface area contributed by atoms with Crippen molar-refractivity contribution in [3.8, 4) is 0 Å². The molecule has 0 bridgehead atoms. The molecule has 1 fully saturated rings. The minimum Gasteiger partial charge on any atom is -0.300 e. The second-order valence-corrected chi connectivity index (χ2v) is 4.25. The third-order valence-electron chi connectivity index (χ3n) is 3.05. The smallest absolute Gasteiger partial charge is 0.00958 e. The van der Waals surface area contributed by atoms with Crippen molar-refractivity contribution < 1.29 is 0 Å². The summed E-state index contributed by atoms with van der Waals surface area (Å²) in [6, 6.07) is 0.590. The molecule has 77 valence electrons. The average molecular weight is 182 g/mol. The van der Waals surface area contributed by atoms with E-state index in [0.717, 1.165) is 0 Å². The standard InChI is InChI=1S/C12H24N/c1-3-4-6-9-12(2)13-10-7-5-8-11-13/h12H,2-11H2,1H3. The zero-order chi connectivity index (χ0) is 9.52. The van der Waals surface area contributed by atoms with Gasteiger partial charge in [0.25, 0.3) is 0 Å². The summed E-state index contributed by atoms with van der Waals surface area (Å²) < 4.78 is 0. The highest BCUT2D eigenvalue weighted by molar-refractivity contribution is 4.76. The maximum atomic E-state index is 4.26. The Morgan fingerprint density at radius 3 is 2.46 bits per heavy atom. The monoisotopic (exact) mass is 182 g/mol. The molecule has 1 aliphatic rings. The lowest BCUT2D eigenvalue weighted by molar-refractivity contribution is 0.180. The largest absolute Gasteiger partial charge is 0.300 e. The van der Waals surface area contributed by atoms with Gasteiger partial charge in [0.2, 0.25) is 0 Å². The Morgan fingerprint density at radius 2 is 1.85 bits per heavy atom. The number of hydrogen-bond donors (Lipinski definition) is 0. The first-order chi connectivity index (χ1) is 6.34. The molecule has 0 N–H and O–H groups in total. The van der Waals surface area contributed by atoms with Gasteiger partial charge in [-0.3, -0.25) is 0 Å². The van der Waals surface area contributed by atoms with Crippen molar-refractivity contribution in [3.63, 3.8) is 0 Å². The van der Waals surface area contributed by atoms with E-state index in [-0.39, 0.29) is 0 Å². The highest BCUT2D eigenvalue weighted by atomic mass is 15.1. The molecular weight excluding hydrogens is 158 g/mol. The van der Waals surface area contributed by atoms with Crippen LogP contribution in [-0.2, 0) is 0 Å². The molecule has 1 aliphatic heterocycles. The molecule has 13 heavy (non-hydrogen) atoms. The highest BCUT2D eigenvalue weighted by Gasteiger charge is 2.15. The van der Waals surface area contributed by atoms with Crippen LogP contribution >= 0.6 is 0 Å². The van der Waals surface area contributed by atoms with E-state index >= 15 is 0 Å². The van der Waals surface area contributed by atoms with E-state index in [9.17, 15) is 0 Å². The quantitative estimate of drug-likeness (QED) is 0.590. The molecule has 0 aromatic heterocycles. The summed E-state index contributed by atoms with van der Waals surface area (Å²) in [7, 11) is 0. The molecule has 0 amide bonds. The van der Waals surface area contributed by atoms with Crippen molar-refractivity contribution >= 4 is 0 Å². The molecule has 1 unspecified atom stereocenters.